The fourth-order valence-electron chi connectivity index (χ4n) is 9.89. The van der Waals surface area contributed by atoms with Gasteiger partial charge in [-0.1, -0.05) is 56.1 Å². The Hall–Kier alpha value is -9.63. The van der Waals surface area contributed by atoms with Crippen LogP contribution in [0.4, 0.5) is 74.5 Å². The predicted octanol–water partition coefficient (Wildman–Crippen LogP) is 15.8. The summed E-state index contributed by atoms with van der Waals surface area (Å²) in [5.74, 6) is -2.17. The number of non-ortho nitro benzene ring substituents is 1. The molecule has 44 heteroatoms. The van der Waals surface area contributed by atoms with Gasteiger partial charge in [0.05, 0.1) is 67.5 Å². The number of ether oxygens (including phenoxy) is 1. The Labute approximate surface area is 625 Å². The first-order valence-electron chi connectivity index (χ1n) is 31.7. The van der Waals surface area contributed by atoms with Crippen molar-refractivity contribution >= 4 is 177 Å². The summed E-state index contributed by atoms with van der Waals surface area (Å²) in [6, 6.07) is 25.4. The third kappa shape index (κ3) is 23.0. The minimum Gasteiger partial charge on any atom is -0.493 e. The van der Waals surface area contributed by atoms with Gasteiger partial charge >= 0.3 is 0 Å². The topological polar surface area (TPSA) is 547 Å². The van der Waals surface area contributed by atoms with Crippen LogP contribution in [-0.2, 0) is 50.6 Å². The fraction of sp³-hybridized carbons (Fsp3) is 0.286. The number of pyridine rings is 1. The Morgan fingerprint density at radius 1 is 0.570 bits per heavy atom. The highest BCUT2D eigenvalue weighted by molar-refractivity contribution is 8.00. The number of aryl methyl sites for hydroxylation is 2. The highest BCUT2D eigenvalue weighted by Crippen LogP contribution is 2.46. The van der Waals surface area contributed by atoms with Crippen molar-refractivity contribution in [3.05, 3.63) is 135 Å². The Balaban J connectivity index is 1.21. The number of nitrogens with one attached hydrogen (secondary N) is 2. The Kier molecular flexibility index (Phi) is 26.9. The Bertz CT molecular complexity index is 5690. The molecule has 564 valence electrons. The minimum atomic E-state index is -5.10. The number of aromatic hydroxyl groups is 1. The van der Waals surface area contributed by atoms with Gasteiger partial charge in [0.2, 0.25) is 17.8 Å². The summed E-state index contributed by atoms with van der Waals surface area (Å²) >= 11 is 3.33. The number of unbranched alkanes of at least 4 members (excludes halogenated alkanes) is 3. The normalized spacial score (nSPS) is 12.6. The number of imidazole rings is 1. The number of thioether (sulfide) groups is 3. The Morgan fingerprint density at radius 3 is 1.77 bits per heavy atom. The van der Waals surface area contributed by atoms with E-state index in [0.29, 0.717) is 34.0 Å². The van der Waals surface area contributed by atoms with E-state index in [1.165, 1.54) is 70.8 Å². The van der Waals surface area contributed by atoms with Crippen LogP contribution in [0.3, 0.4) is 0 Å². The van der Waals surface area contributed by atoms with Crippen molar-refractivity contribution in [1.29, 1.82) is 5.26 Å². The van der Waals surface area contributed by atoms with Gasteiger partial charge in [0, 0.05) is 45.0 Å². The number of anilines is 4. The number of azo groups is 4. The average molecular weight is 1620 g/mol. The summed E-state index contributed by atoms with van der Waals surface area (Å²) in [5, 5.41) is 75.6. The van der Waals surface area contributed by atoms with Crippen LogP contribution < -0.4 is 15.4 Å². The molecule has 0 aliphatic carbocycles. The summed E-state index contributed by atoms with van der Waals surface area (Å²) in [5.41, 5.74) is 1.24. The molecule has 0 saturated carbocycles. The molecule has 0 aliphatic rings. The van der Waals surface area contributed by atoms with Crippen molar-refractivity contribution in [3.63, 3.8) is 0 Å². The average Bonchev–Trinajstić information content (AvgIpc) is 1.60. The van der Waals surface area contributed by atoms with Crippen molar-refractivity contribution in [2.45, 2.75) is 97.4 Å². The molecule has 0 aliphatic heterocycles. The molecule has 3 heterocycles. The van der Waals surface area contributed by atoms with Gasteiger partial charge in [0.15, 0.2) is 16.5 Å². The Morgan fingerprint density at radius 2 is 1.14 bits per heavy atom. The maximum absolute atomic E-state index is 12.4. The van der Waals surface area contributed by atoms with Crippen molar-refractivity contribution in [3.8, 4) is 17.7 Å². The monoisotopic (exact) mass is 1620 g/mol. The minimum absolute atomic E-state index is 0.00607. The molecule has 0 saturated heterocycles. The fourth-order valence-corrected chi connectivity index (χ4v) is 15.7. The molecular formula is C63H65N17O19S8. The number of para-hydroxylation sites is 2. The number of benzene rings is 6. The molecule has 8 N–H and O–H groups in total. The van der Waals surface area contributed by atoms with Gasteiger partial charge in [-0.05, 0) is 136 Å². The number of nitro groups is 1. The number of nitriles is 1. The lowest BCUT2D eigenvalue weighted by Crippen LogP contribution is -2.08. The molecule has 0 atom stereocenters. The number of aromatic nitrogens is 5. The van der Waals surface area contributed by atoms with E-state index in [1.807, 2.05) is 0 Å². The second-order valence-corrected chi connectivity index (χ2v) is 34.0. The first-order chi connectivity index (χ1) is 50.5. The number of fused-ring (bicyclic) bond motifs is 3. The van der Waals surface area contributed by atoms with Crippen LogP contribution in [0.25, 0.3) is 16.7 Å². The van der Waals surface area contributed by atoms with Gasteiger partial charge in [0.1, 0.15) is 45.0 Å². The molecule has 9 aromatic rings. The van der Waals surface area contributed by atoms with Crippen molar-refractivity contribution < 1.29 is 79.6 Å². The summed E-state index contributed by atoms with van der Waals surface area (Å²) < 4.78 is 177. The quantitative estimate of drug-likeness (QED) is 0.00451. The lowest BCUT2D eigenvalue weighted by molar-refractivity contribution is -0.385. The molecule has 36 nitrogen and oxygen atoms in total. The van der Waals surface area contributed by atoms with Crippen LogP contribution in [0, 0.1) is 42.2 Å². The van der Waals surface area contributed by atoms with Crippen LogP contribution in [0.5, 0.6) is 11.6 Å². The third-order valence-electron chi connectivity index (χ3n) is 15.1. The number of hydrogen-bond acceptors (Lipinski definition) is 32. The molecule has 0 amide bonds. The van der Waals surface area contributed by atoms with Gasteiger partial charge in [-0.3, -0.25) is 37.3 Å². The van der Waals surface area contributed by atoms with E-state index in [2.05, 4.69) is 74.4 Å². The first kappa shape index (κ1) is 81.4. The number of nitrogens with zero attached hydrogens (tertiary/aromatic N) is 15. The molecule has 0 bridgehead atoms. The van der Waals surface area contributed by atoms with E-state index in [-0.39, 0.29) is 138 Å². The molecule has 9 rings (SSSR count). The molecule has 0 unspecified atom stereocenters. The number of hydrogen-bond donors (Lipinski definition) is 8. The zero-order chi connectivity index (χ0) is 77.6. The lowest BCUT2D eigenvalue weighted by atomic mass is 10.1. The van der Waals surface area contributed by atoms with Crippen molar-refractivity contribution in [1.82, 2.24) is 24.3 Å². The van der Waals surface area contributed by atoms with E-state index < -0.39 is 99.8 Å². The molecule has 0 radical (unpaired) electrons. The SMILES string of the molecule is CCCCCCSc1nc(Nc2cccc(S(=O)(=O)O)c2)nc(Nc2cc(N=Nc3cc(OCCCS(=O)(=O)O)c(N=Nc4c(C)c(C#N)c5nc6ccccc6n5c4O)cc3C)c(SCCCS(=O)(=O)O)cc2N=Nc2cc(C)c(N=Nc3ccc([N+](=O)[O-])cc3S(=O)(=O)O)cc2SCCCS(=O)(=O)O)n1. The van der Waals surface area contributed by atoms with Gasteiger partial charge < -0.3 is 20.5 Å². The van der Waals surface area contributed by atoms with Crippen molar-refractivity contribution in [2.24, 2.45) is 40.9 Å². The van der Waals surface area contributed by atoms with Gasteiger partial charge in [0.25, 0.3) is 56.3 Å². The molecule has 0 fully saturated rings. The molecule has 3 aromatic heterocycles. The first-order valence-corrected chi connectivity index (χ1v) is 42.4. The highest BCUT2D eigenvalue weighted by atomic mass is 32.2. The van der Waals surface area contributed by atoms with Gasteiger partial charge in [-0.25, -0.2) is 4.98 Å². The maximum Gasteiger partial charge on any atom is 0.297 e. The van der Waals surface area contributed by atoms with E-state index in [1.54, 1.807) is 45.0 Å². The van der Waals surface area contributed by atoms with Crippen LogP contribution >= 0.6 is 35.3 Å². The molecule has 107 heavy (non-hydrogen) atoms. The zero-order valence-corrected chi connectivity index (χ0v) is 63.2. The van der Waals surface area contributed by atoms with E-state index in [4.69, 9.17) is 14.8 Å². The highest BCUT2D eigenvalue weighted by Gasteiger charge is 2.25. The smallest absolute Gasteiger partial charge is 0.297 e. The van der Waals surface area contributed by atoms with Crippen LogP contribution in [0.15, 0.2) is 169 Å². The number of nitro benzene ring substituents is 1. The second-order valence-electron chi connectivity index (χ2n) is 23.2. The molecular weight excluding hydrogens is 1560 g/mol. The van der Waals surface area contributed by atoms with E-state index in [9.17, 15) is 85.3 Å². The standard InChI is InChI=1S/C63H65N17O19S8/c1-5-6-7-10-22-102-63-69-61(65-40-15-11-16-42(30-40)106(93,94)95)68-62(70-63)67-48-32-52(77-72-46-33-54(99-21-12-25-103(84,85)86)50(28-37(46)2)75-78-58-39(4)43(36-64)59-66-44-17-8-9-18-53(44)79(59)60(58)81)56(101-24-14-27-105(90,91)92)35-49(48)74-76-51-29-38(3)47(34-55(51)100-23-13-26-104(87,88)89)73-71-45-20-19-41(80(82)83)31-57(45)107(96,97)98/h8-9,11,15-20,28-35,81H,5-7,10,12-14,21-27H2,1-4H3,(H,84,85,86)(H,87,88,89)(H,90,91,92)(H,93,94,95)(H,96,97,98)(H2,65,67,68,69,70). The third-order valence-corrected chi connectivity index (χ3v) is 22.4. The summed E-state index contributed by atoms with van der Waals surface area (Å²) in [6.45, 7) is 6.47. The van der Waals surface area contributed by atoms with E-state index >= 15 is 0 Å². The maximum atomic E-state index is 12.4. The van der Waals surface area contributed by atoms with Crippen molar-refractivity contribution in [2.75, 3.05) is 51.8 Å². The van der Waals surface area contributed by atoms with Gasteiger partial charge in [-0.2, -0.15) is 72.5 Å². The van der Waals surface area contributed by atoms with Crippen LogP contribution in [0.2, 0.25) is 0 Å². The van der Waals surface area contributed by atoms with Gasteiger partial charge in [-0.15, -0.1) is 54.2 Å². The second kappa shape index (κ2) is 35.4. The van der Waals surface area contributed by atoms with Crippen LogP contribution in [0.1, 0.15) is 74.1 Å². The lowest BCUT2D eigenvalue weighted by Gasteiger charge is -2.14. The number of rotatable bonds is 36. The molecule has 0 spiro atoms. The predicted molar refractivity (Wildman–Crippen MR) is 400 cm³/mol. The summed E-state index contributed by atoms with van der Waals surface area (Å²) in [4.78, 5) is 28.3. The molecule has 6 aromatic carbocycles. The summed E-state index contributed by atoms with van der Waals surface area (Å²) in [6.07, 6.45) is 3.13. The summed E-state index contributed by atoms with van der Waals surface area (Å²) in [7, 11) is -23.1. The zero-order valence-electron chi connectivity index (χ0n) is 56.7. The van der Waals surface area contributed by atoms with E-state index in [0.717, 1.165) is 67.4 Å². The largest absolute Gasteiger partial charge is 0.493 e. The van der Waals surface area contributed by atoms with Crippen LogP contribution in [-0.4, -0.2) is 140 Å².